The number of ketones is 1. The number of phenolic OH excluding ortho intramolecular Hbond substituents is 1. The summed E-state index contributed by atoms with van der Waals surface area (Å²) in [6, 6.07) is 9.00. The lowest BCUT2D eigenvalue weighted by Gasteiger charge is -2.15. The van der Waals surface area contributed by atoms with E-state index in [9.17, 15) is 9.90 Å². The van der Waals surface area contributed by atoms with Crippen LogP contribution in [0.2, 0.25) is 0 Å². The first-order chi connectivity index (χ1) is 8.95. The Kier molecular flexibility index (Phi) is 3.76. The molecule has 0 aliphatic carbocycles. The van der Waals surface area contributed by atoms with Crippen LogP contribution in [0, 0.1) is 20.8 Å². The molecule has 3 heteroatoms. The normalized spacial score (nSPS) is 10.5. The van der Waals surface area contributed by atoms with Crippen molar-refractivity contribution < 1.29 is 9.90 Å². The van der Waals surface area contributed by atoms with Gasteiger partial charge in [0.2, 0.25) is 0 Å². The molecule has 0 unspecified atom stereocenters. The Labute approximate surface area is 121 Å². The molecule has 0 amide bonds. The predicted molar refractivity (Wildman–Crippen MR) is 79.9 cm³/mol. The highest BCUT2D eigenvalue weighted by Gasteiger charge is 2.21. The maximum atomic E-state index is 12.5. The zero-order chi connectivity index (χ0) is 14.2. The highest BCUT2D eigenvalue weighted by Crippen LogP contribution is 2.36. The molecule has 98 valence electrons. The third-order valence-corrected chi connectivity index (χ3v) is 4.64. The van der Waals surface area contributed by atoms with Crippen LogP contribution in [0.1, 0.15) is 32.6 Å². The molecule has 0 aliphatic rings. The second-order valence-electron chi connectivity index (χ2n) is 4.61. The van der Waals surface area contributed by atoms with E-state index in [1.54, 1.807) is 12.1 Å². The van der Waals surface area contributed by atoms with Crippen LogP contribution in [-0.2, 0) is 0 Å². The molecule has 2 rings (SSSR count). The Morgan fingerprint density at radius 1 is 1.00 bits per heavy atom. The van der Waals surface area contributed by atoms with E-state index in [1.807, 2.05) is 39.0 Å². The molecule has 0 heterocycles. The van der Waals surface area contributed by atoms with Crippen LogP contribution < -0.4 is 0 Å². The number of rotatable bonds is 2. The van der Waals surface area contributed by atoms with Crippen LogP contribution >= 0.6 is 15.9 Å². The lowest BCUT2D eigenvalue weighted by molar-refractivity contribution is 0.103. The van der Waals surface area contributed by atoms with E-state index in [2.05, 4.69) is 15.9 Å². The van der Waals surface area contributed by atoms with E-state index in [1.165, 1.54) is 0 Å². The van der Waals surface area contributed by atoms with Gasteiger partial charge in [0, 0.05) is 10.0 Å². The minimum Gasteiger partial charge on any atom is -0.507 e. The van der Waals surface area contributed by atoms with Gasteiger partial charge in [-0.15, -0.1) is 0 Å². The van der Waals surface area contributed by atoms with Crippen molar-refractivity contribution in [1.82, 2.24) is 0 Å². The summed E-state index contributed by atoms with van der Waals surface area (Å²) in [5.74, 6) is -0.0774. The molecule has 0 bridgehead atoms. The van der Waals surface area contributed by atoms with E-state index in [-0.39, 0.29) is 11.5 Å². The number of halogens is 1. The highest BCUT2D eigenvalue weighted by molar-refractivity contribution is 9.10. The molecular formula is C16H15BrO2. The largest absolute Gasteiger partial charge is 0.507 e. The van der Waals surface area contributed by atoms with Crippen molar-refractivity contribution in [2.45, 2.75) is 20.8 Å². The molecular weight excluding hydrogens is 304 g/mol. The first-order valence-electron chi connectivity index (χ1n) is 6.03. The topological polar surface area (TPSA) is 37.3 Å². The second kappa shape index (κ2) is 5.17. The van der Waals surface area contributed by atoms with Crippen LogP contribution in [0.15, 0.2) is 34.8 Å². The average molecular weight is 319 g/mol. The summed E-state index contributed by atoms with van der Waals surface area (Å²) < 4.78 is 0.877. The van der Waals surface area contributed by atoms with Gasteiger partial charge in [-0.2, -0.15) is 0 Å². The minimum atomic E-state index is -0.153. The average Bonchev–Trinajstić information content (AvgIpc) is 2.44. The zero-order valence-electron chi connectivity index (χ0n) is 11.1. The summed E-state index contributed by atoms with van der Waals surface area (Å²) in [5, 5.41) is 10.3. The van der Waals surface area contributed by atoms with Crippen molar-refractivity contribution in [2.24, 2.45) is 0 Å². The number of hydrogen-bond acceptors (Lipinski definition) is 2. The Morgan fingerprint density at radius 2 is 1.58 bits per heavy atom. The lowest BCUT2D eigenvalue weighted by atomic mass is 9.93. The maximum absolute atomic E-state index is 12.5. The van der Waals surface area contributed by atoms with Gasteiger partial charge in [0.1, 0.15) is 5.75 Å². The third-order valence-electron chi connectivity index (χ3n) is 3.45. The molecule has 0 fully saturated rings. The molecule has 0 atom stereocenters. The molecule has 19 heavy (non-hydrogen) atoms. The second-order valence-corrected chi connectivity index (χ2v) is 5.40. The molecule has 0 saturated heterocycles. The van der Waals surface area contributed by atoms with Gasteiger partial charge in [-0.25, -0.2) is 0 Å². The molecule has 0 spiro atoms. The van der Waals surface area contributed by atoms with Crippen molar-refractivity contribution in [3.8, 4) is 5.75 Å². The van der Waals surface area contributed by atoms with E-state index in [0.29, 0.717) is 11.1 Å². The van der Waals surface area contributed by atoms with Crippen LogP contribution in [0.3, 0.4) is 0 Å². The van der Waals surface area contributed by atoms with Gasteiger partial charge in [-0.05, 0) is 37.5 Å². The summed E-state index contributed by atoms with van der Waals surface area (Å²) in [4.78, 5) is 12.5. The lowest BCUT2D eigenvalue weighted by Crippen LogP contribution is -2.07. The summed E-state index contributed by atoms with van der Waals surface area (Å²) >= 11 is 3.49. The van der Waals surface area contributed by atoms with Gasteiger partial charge in [0.15, 0.2) is 5.78 Å². The molecule has 2 nitrogen and oxygen atoms in total. The fraction of sp³-hybridized carbons (Fsp3) is 0.188. The minimum absolute atomic E-state index is 0.0760. The maximum Gasteiger partial charge on any atom is 0.197 e. The van der Waals surface area contributed by atoms with Crippen molar-refractivity contribution >= 4 is 21.7 Å². The van der Waals surface area contributed by atoms with E-state index < -0.39 is 0 Å². The monoisotopic (exact) mass is 318 g/mol. The van der Waals surface area contributed by atoms with Gasteiger partial charge < -0.3 is 5.11 Å². The van der Waals surface area contributed by atoms with Gasteiger partial charge in [-0.1, -0.05) is 46.3 Å². The van der Waals surface area contributed by atoms with Crippen LogP contribution in [0.4, 0.5) is 0 Å². The quantitative estimate of drug-likeness (QED) is 0.838. The Bertz CT molecular complexity index is 617. The van der Waals surface area contributed by atoms with Crippen molar-refractivity contribution in [2.75, 3.05) is 0 Å². The zero-order valence-corrected chi connectivity index (χ0v) is 12.7. The predicted octanol–water partition coefficient (Wildman–Crippen LogP) is 4.31. The number of hydrogen-bond donors (Lipinski definition) is 1. The molecule has 0 aliphatic heterocycles. The molecule has 0 saturated carbocycles. The van der Waals surface area contributed by atoms with Crippen molar-refractivity contribution in [3.05, 3.63) is 62.6 Å². The third kappa shape index (κ3) is 2.30. The number of aromatic hydroxyl groups is 1. The van der Waals surface area contributed by atoms with Crippen LogP contribution in [-0.4, -0.2) is 10.9 Å². The molecule has 0 radical (unpaired) electrons. The summed E-state index contributed by atoms with van der Waals surface area (Å²) in [6.07, 6.45) is 0. The number of benzene rings is 2. The van der Waals surface area contributed by atoms with Crippen LogP contribution in [0.5, 0.6) is 5.75 Å². The van der Waals surface area contributed by atoms with Gasteiger partial charge in [0.05, 0.1) is 5.56 Å². The molecule has 0 aromatic heterocycles. The summed E-state index contributed by atoms with van der Waals surface area (Å²) in [6.45, 7) is 5.58. The van der Waals surface area contributed by atoms with Crippen LogP contribution in [0.25, 0.3) is 0 Å². The van der Waals surface area contributed by atoms with E-state index in [0.717, 1.165) is 21.2 Å². The smallest absolute Gasteiger partial charge is 0.197 e. The van der Waals surface area contributed by atoms with Crippen molar-refractivity contribution in [1.29, 1.82) is 0 Å². The first kappa shape index (κ1) is 13.8. The standard InChI is InChI=1S/C16H15BrO2/c1-9-10(2)15(18)13(11(3)14(9)17)16(19)12-7-5-4-6-8-12/h4-8,18H,1-3H3. The molecule has 1 N–H and O–H groups in total. The Balaban J connectivity index is 2.67. The Morgan fingerprint density at radius 3 is 2.16 bits per heavy atom. The highest BCUT2D eigenvalue weighted by atomic mass is 79.9. The SMILES string of the molecule is Cc1c(C)c(Br)c(C)c(C(=O)c2ccccc2)c1O. The summed E-state index contributed by atoms with van der Waals surface area (Å²) in [5.41, 5.74) is 3.42. The first-order valence-corrected chi connectivity index (χ1v) is 6.82. The number of carbonyl (C=O) groups excluding carboxylic acids is 1. The Hall–Kier alpha value is -1.61. The summed E-state index contributed by atoms with van der Waals surface area (Å²) in [7, 11) is 0. The van der Waals surface area contributed by atoms with Gasteiger partial charge >= 0.3 is 0 Å². The van der Waals surface area contributed by atoms with E-state index >= 15 is 0 Å². The number of phenols is 1. The van der Waals surface area contributed by atoms with Gasteiger partial charge in [0.25, 0.3) is 0 Å². The molecule has 2 aromatic rings. The van der Waals surface area contributed by atoms with Gasteiger partial charge in [-0.3, -0.25) is 4.79 Å². The number of carbonyl (C=O) groups is 1. The fourth-order valence-corrected chi connectivity index (χ4v) is 2.61. The fourth-order valence-electron chi connectivity index (χ4n) is 2.11. The van der Waals surface area contributed by atoms with Crippen molar-refractivity contribution in [3.63, 3.8) is 0 Å². The molecule has 2 aromatic carbocycles. The van der Waals surface area contributed by atoms with E-state index in [4.69, 9.17) is 0 Å².